The Labute approximate surface area is 132 Å². The minimum atomic E-state index is 0.0594. The van der Waals surface area contributed by atoms with E-state index in [2.05, 4.69) is 34.5 Å². The van der Waals surface area contributed by atoms with Crippen LogP contribution in [0.3, 0.4) is 0 Å². The number of nitrogens with zero attached hydrogens (tertiary/aromatic N) is 1. The van der Waals surface area contributed by atoms with Crippen LogP contribution in [-0.2, 0) is 9.53 Å². The molecule has 1 saturated heterocycles. The molecule has 3 N–H and O–H groups in total. The molecule has 1 aromatic carbocycles. The summed E-state index contributed by atoms with van der Waals surface area (Å²) in [7, 11) is 0. The number of nitrogens with two attached hydrogens (primary N) is 1. The number of nitrogens with one attached hydrogen (secondary N) is 1. The van der Waals surface area contributed by atoms with Gasteiger partial charge < -0.3 is 15.8 Å². The van der Waals surface area contributed by atoms with E-state index in [1.165, 1.54) is 5.56 Å². The van der Waals surface area contributed by atoms with E-state index in [4.69, 9.17) is 10.5 Å². The maximum absolute atomic E-state index is 12.0. The van der Waals surface area contributed by atoms with Gasteiger partial charge in [-0.15, -0.1) is 0 Å². The third-order valence-electron chi connectivity index (χ3n) is 4.19. The summed E-state index contributed by atoms with van der Waals surface area (Å²) in [5.74, 6) is 0.894. The number of benzene rings is 1. The van der Waals surface area contributed by atoms with Gasteiger partial charge in [-0.3, -0.25) is 9.69 Å². The summed E-state index contributed by atoms with van der Waals surface area (Å²) in [4.78, 5) is 14.2. The smallest absolute Gasteiger partial charge is 0.234 e. The Kier molecular flexibility index (Phi) is 6.83. The number of rotatable bonds is 8. The summed E-state index contributed by atoms with van der Waals surface area (Å²) >= 11 is 0. The number of ether oxygens (including phenoxy) is 1. The lowest BCUT2D eigenvalue weighted by atomic mass is 9.89. The molecular formula is C17H27N3O2. The van der Waals surface area contributed by atoms with Crippen LogP contribution in [0.2, 0.25) is 0 Å². The Hall–Kier alpha value is -1.43. The summed E-state index contributed by atoms with van der Waals surface area (Å²) in [5, 5.41) is 2.89. The van der Waals surface area contributed by atoms with E-state index in [9.17, 15) is 4.79 Å². The standard InChI is InChI=1S/C17H27N3O2/c1-2-22-9-8-19-17(21)13-20-11-15(10-18)16(12-20)14-6-4-3-5-7-14/h3-7,15-16H,2,8-13,18H2,1H3,(H,19,21)/t15-,16+/m1/s1. The van der Waals surface area contributed by atoms with E-state index < -0.39 is 0 Å². The van der Waals surface area contributed by atoms with Crippen molar-refractivity contribution in [1.29, 1.82) is 0 Å². The van der Waals surface area contributed by atoms with Gasteiger partial charge in [-0.05, 0) is 24.9 Å². The van der Waals surface area contributed by atoms with Crippen molar-refractivity contribution in [2.45, 2.75) is 12.8 Å². The van der Waals surface area contributed by atoms with Crippen LogP contribution in [0.4, 0.5) is 0 Å². The first kappa shape index (κ1) is 16.9. The molecule has 1 heterocycles. The maximum atomic E-state index is 12.0. The van der Waals surface area contributed by atoms with Crippen LogP contribution in [0.1, 0.15) is 18.4 Å². The first-order valence-corrected chi connectivity index (χ1v) is 8.06. The molecule has 0 spiro atoms. The van der Waals surface area contributed by atoms with Crippen molar-refractivity contribution in [3.8, 4) is 0 Å². The number of likely N-dealkylation sites (tertiary alicyclic amines) is 1. The summed E-state index contributed by atoms with van der Waals surface area (Å²) in [6, 6.07) is 10.5. The second-order valence-electron chi connectivity index (χ2n) is 5.75. The van der Waals surface area contributed by atoms with E-state index >= 15 is 0 Å². The summed E-state index contributed by atoms with van der Waals surface area (Å²) < 4.78 is 5.22. The van der Waals surface area contributed by atoms with E-state index in [0.717, 1.165) is 13.1 Å². The van der Waals surface area contributed by atoms with E-state index in [1.54, 1.807) is 0 Å². The number of amides is 1. The molecule has 0 bridgehead atoms. The lowest BCUT2D eigenvalue weighted by Gasteiger charge is -2.16. The lowest BCUT2D eigenvalue weighted by molar-refractivity contribution is -0.122. The number of hydrogen-bond donors (Lipinski definition) is 2. The fourth-order valence-electron chi connectivity index (χ4n) is 3.07. The molecule has 0 unspecified atom stereocenters. The van der Waals surface area contributed by atoms with Gasteiger partial charge in [0, 0.05) is 32.2 Å². The Morgan fingerprint density at radius 3 is 2.82 bits per heavy atom. The van der Waals surface area contributed by atoms with Crippen LogP contribution in [-0.4, -0.2) is 56.7 Å². The second kappa shape index (κ2) is 8.88. The van der Waals surface area contributed by atoms with Gasteiger partial charge in [0.05, 0.1) is 13.2 Å². The SMILES string of the molecule is CCOCCNC(=O)CN1C[C@@H](CN)[C@H](c2ccccc2)C1. The zero-order valence-corrected chi connectivity index (χ0v) is 13.3. The Bertz CT molecular complexity index is 452. The largest absolute Gasteiger partial charge is 0.380 e. The summed E-state index contributed by atoms with van der Waals surface area (Å²) in [6.07, 6.45) is 0. The van der Waals surface area contributed by atoms with Gasteiger partial charge in [0.1, 0.15) is 0 Å². The number of carbonyl (C=O) groups excluding carboxylic acids is 1. The van der Waals surface area contributed by atoms with Gasteiger partial charge in [0.2, 0.25) is 5.91 Å². The van der Waals surface area contributed by atoms with Gasteiger partial charge in [0.15, 0.2) is 0 Å². The van der Waals surface area contributed by atoms with Crippen molar-refractivity contribution in [3.63, 3.8) is 0 Å². The second-order valence-corrected chi connectivity index (χ2v) is 5.75. The molecule has 0 aliphatic carbocycles. The van der Waals surface area contributed by atoms with Crippen molar-refractivity contribution in [1.82, 2.24) is 10.2 Å². The molecule has 2 atom stereocenters. The molecule has 1 aromatic rings. The molecule has 122 valence electrons. The maximum Gasteiger partial charge on any atom is 0.234 e. The van der Waals surface area contributed by atoms with E-state index in [1.807, 2.05) is 13.0 Å². The topological polar surface area (TPSA) is 67.6 Å². The van der Waals surface area contributed by atoms with Crippen LogP contribution in [0.15, 0.2) is 30.3 Å². The average molecular weight is 305 g/mol. The van der Waals surface area contributed by atoms with Gasteiger partial charge in [-0.1, -0.05) is 30.3 Å². The van der Waals surface area contributed by atoms with E-state index in [0.29, 0.717) is 44.7 Å². The predicted molar refractivity (Wildman–Crippen MR) is 87.7 cm³/mol. The third kappa shape index (κ3) is 4.80. The fraction of sp³-hybridized carbons (Fsp3) is 0.588. The quantitative estimate of drug-likeness (QED) is 0.698. The van der Waals surface area contributed by atoms with E-state index in [-0.39, 0.29) is 5.91 Å². The average Bonchev–Trinajstić information content (AvgIpc) is 2.95. The molecule has 1 fully saturated rings. The van der Waals surface area contributed by atoms with Crippen LogP contribution >= 0.6 is 0 Å². The molecule has 5 heteroatoms. The molecule has 2 rings (SSSR count). The zero-order chi connectivity index (χ0) is 15.8. The first-order valence-electron chi connectivity index (χ1n) is 8.06. The molecular weight excluding hydrogens is 278 g/mol. The normalized spacial score (nSPS) is 21.9. The summed E-state index contributed by atoms with van der Waals surface area (Å²) in [5.41, 5.74) is 7.24. The highest BCUT2D eigenvalue weighted by Crippen LogP contribution is 2.31. The van der Waals surface area contributed by atoms with Crippen molar-refractivity contribution in [2.24, 2.45) is 11.7 Å². The monoisotopic (exact) mass is 305 g/mol. The molecule has 5 nitrogen and oxygen atoms in total. The van der Waals surface area contributed by atoms with Gasteiger partial charge in [-0.2, -0.15) is 0 Å². The van der Waals surface area contributed by atoms with Crippen LogP contribution in [0, 0.1) is 5.92 Å². The lowest BCUT2D eigenvalue weighted by Crippen LogP contribution is -2.37. The van der Waals surface area contributed by atoms with Crippen LogP contribution in [0.5, 0.6) is 0 Å². The predicted octanol–water partition coefficient (Wildman–Crippen LogP) is 0.813. The van der Waals surface area contributed by atoms with Crippen LogP contribution < -0.4 is 11.1 Å². The van der Waals surface area contributed by atoms with Crippen LogP contribution in [0.25, 0.3) is 0 Å². The highest BCUT2D eigenvalue weighted by molar-refractivity contribution is 5.78. The molecule has 0 saturated carbocycles. The van der Waals surface area contributed by atoms with Gasteiger partial charge >= 0.3 is 0 Å². The van der Waals surface area contributed by atoms with Crippen molar-refractivity contribution in [2.75, 3.05) is 45.9 Å². The van der Waals surface area contributed by atoms with Gasteiger partial charge in [0.25, 0.3) is 0 Å². The molecule has 1 aliphatic rings. The number of hydrogen-bond acceptors (Lipinski definition) is 4. The van der Waals surface area contributed by atoms with Gasteiger partial charge in [-0.25, -0.2) is 0 Å². The molecule has 0 radical (unpaired) electrons. The minimum Gasteiger partial charge on any atom is -0.380 e. The molecule has 1 aliphatic heterocycles. The number of carbonyl (C=O) groups is 1. The zero-order valence-electron chi connectivity index (χ0n) is 13.3. The Morgan fingerprint density at radius 2 is 2.14 bits per heavy atom. The van der Waals surface area contributed by atoms with Crippen molar-refractivity contribution >= 4 is 5.91 Å². The minimum absolute atomic E-state index is 0.0594. The fourth-order valence-corrected chi connectivity index (χ4v) is 3.07. The molecule has 22 heavy (non-hydrogen) atoms. The van der Waals surface area contributed by atoms with Crippen molar-refractivity contribution in [3.05, 3.63) is 35.9 Å². The Morgan fingerprint density at radius 1 is 1.36 bits per heavy atom. The molecule has 1 amide bonds. The highest BCUT2D eigenvalue weighted by atomic mass is 16.5. The molecule has 0 aromatic heterocycles. The third-order valence-corrected chi connectivity index (χ3v) is 4.19. The van der Waals surface area contributed by atoms with Crippen molar-refractivity contribution < 1.29 is 9.53 Å². The first-order chi connectivity index (χ1) is 10.7. The highest BCUT2D eigenvalue weighted by Gasteiger charge is 2.33. The summed E-state index contributed by atoms with van der Waals surface area (Å²) in [6.45, 7) is 6.64. The Balaban J connectivity index is 1.83.